The predicted molar refractivity (Wildman–Crippen MR) is 141 cm³/mol. The zero-order valence-electron chi connectivity index (χ0n) is 20.9. The summed E-state index contributed by atoms with van der Waals surface area (Å²) >= 11 is 3.60. The molecule has 4 aromatic rings. The molecule has 0 fully saturated rings. The fourth-order valence-corrected chi connectivity index (χ4v) is 5.73. The van der Waals surface area contributed by atoms with Crippen LogP contribution in [0.25, 0.3) is 17.0 Å². The van der Waals surface area contributed by atoms with Crippen molar-refractivity contribution in [3.05, 3.63) is 75.7 Å². The first-order chi connectivity index (χ1) is 17.8. The normalized spacial score (nSPS) is 18.3. The van der Waals surface area contributed by atoms with Crippen molar-refractivity contribution in [1.29, 1.82) is 0 Å². The zero-order valence-corrected chi connectivity index (χ0v) is 22.5. The van der Waals surface area contributed by atoms with E-state index in [1.807, 2.05) is 42.5 Å². The lowest BCUT2D eigenvalue weighted by Crippen LogP contribution is -2.33. The van der Waals surface area contributed by atoms with Crippen LogP contribution in [0.3, 0.4) is 0 Å². The van der Waals surface area contributed by atoms with Crippen molar-refractivity contribution >= 4 is 27.4 Å². The van der Waals surface area contributed by atoms with Gasteiger partial charge in [-0.1, -0.05) is 48.0 Å². The van der Waals surface area contributed by atoms with Crippen molar-refractivity contribution in [3.63, 3.8) is 0 Å². The monoisotopic (exact) mass is 560 g/mol. The molecule has 2 aromatic carbocycles. The van der Waals surface area contributed by atoms with Crippen molar-refractivity contribution in [2.24, 2.45) is 5.41 Å². The average molecular weight is 561 g/mol. The Morgan fingerprint density at radius 3 is 2.62 bits per heavy atom. The highest BCUT2D eigenvalue weighted by Crippen LogP contribution is 2.51. The molecule has 0 N–H and O–H groups in total. The van der Waals surface area contributed by atoms with Gasteiger partial charge < -0.3 is 14.2 Å². The molecule has 37 heavy (non-hydrogen) atoms. The number of allylic oxidation sites excluding steroid dienone is 2. The van der Waals surface area contributed by atoms with Crippen molar-refractivity contribution in [3.8, 4) is 28.8 Å². The number of Topliss-reactive ketones (excluding diaryl/α,β-unsaturated/α-hetero) is 1. The van der Waals surface area contributed by atoms with Crippen molar-refractivity contribution < 1.29 is 19.0 Å². The lowest BCUT2D eigenvalue weighted by Gasteiger charge is -2.37. The molecule has 8 nitrogen and oxygen atoms in total. The Labute approximate surface area is 222 Å². The minimum absolute atomic E-state index is 0.0595. The van der Waals surface area contributed by atoms with Gasteiger partial charge in [-0.3, -0.25) is 4.79 Å². The molecule has 0 saturated carbocycles. The maximum Gasteiger partial charge on any atom is 0.228 e. The molecule has 2 aliphatic rings. The Balaban J connectivity index is 1.62. The van der Waals surface area contributed by atoms with Gasteiger partial charge in [0, 0.05) is 28.5 Å². The van der Waals surface area contributed by atoms with Gasteiger partial charge in [0.05, 0.1) is 25.7 Å². The van der Waals surface area contributed by atoms with Crippen LogP contribution in [0, 0.1) is 5.41 Å². The highest BCUT2D eigenvalue weighted by molar-refractivity contribution is 9.10. The molecular weight excluding hydrogens is 536 g/mol. The molecule has 0 spiro atoms. The fourth-order valence-electron chi connectivity index (χ4n) is 5.27. The summed E-state index contributed by atoms with van der Waals surface area (Å²) in [5, 5.41) is 4.70. The van der Waals surface area contributed by atoms with E-state index >= 15 is 0 Å². The number of aromatic nitrogens is 4. The molecule has 9 heteroatoms. The van der Waals surface area contributed by atoms with Crippen LogP contribution in [-0.2, 0) is 4.79 Å². The van der Waals surface area contributed by atoms with Gasteiger partial charge in [0.1, 0.15) is 12.1 Å². The Kier molecular flexibility index (Phi) is 5.56. The van der Waals surface area contributed by atoms with Gasteiger partial charge in [-0.05, 0) is 35.2 Å². The van der Waals surface area contributed by atoms with E-state index in [-0.39, 0.29) is 11.2 Å². The number of halogens is 1. The van der Waals surface area contributed by atoms with E-state index in [1.165, 1.54) is 0 Å². The van der Waals surface area contributed by atoms with Gasteiger partial charge in [0.15, 0.2) is 28.8 Å². The van der Waals surface area contributed by atoms with Gasteiger partial charge in [0.2, 0.25) is 5.88 Å². The number of hydrogen-bond donors (Lipinski definition) is 0. The topological polar surface area (TPSA) is 87.8 Å². The predicted octanol–water partition coefficient (Wildman–Crippen LogP) is 5.74. The summed E-state index contributed by atoms with van der Waals surface area (Å²) in [6.45, 7) is 4.16. The van der Waals surface area contributed by atoms with Gasteiger partial charge >= 0.3 is 0 Å². The van der Waals surface area contributed by atoms with Crippen LogP contribution in [0.15, 0.2) is 64.6 Å². The summed E-state index contributed by atoms with van der Waals surface area (Å²) in [5.74, 6) is 2.44. The molecule has 0 unspecified atom stereocenters. The van der Waals surface area contributed by atoms with E-state index in [0.29, 0.717) is 58.6 Å². The Hall–Kier alpha value is -3.72. The smallest absolute Gasteiger partial charge is 0.228 e. The highest BCUT2D eigenvalue weighted by atomic mass is 79.9. The summed E-state index contributed by atoms with van der Waals surface area (Å²) in [6, 6.07) is 13.5. The molecule has 3 heterocycles. The number of methoxy groups -OCH3 is 2. The molecule has 2 aromatic heterocycles. The van der Waals surface area contributed by atoms with E-state index in [9.17, 15) is 4.79 Å². The molecule has 0 radical (unpaired) electrons. The third-order valence-corrected chi connectivity index (χ3v) is 7.61. The maximum absolute atomic E-state index is 13.7. The molecule has 0 bridgehead atoms. The van der Waals surface area contributed by atoms with Crippen LogP contribution in [0.5, 0.6) is 17.4 Å². The molecule has 188 valence electrons. The van der Waals surface area contributed by atoms with Crippen LogP contribution in [0.4, 0.5) is 0 Å². The highest BCUT2D eigenvalue weighted by Gasteiger charge is 2.44. The molecule has 1 aliphatic carbocycles. The SMILES string of the molecule is COc1ccc([C@@H]2C3=C(CC(C)(C)CC3=O)Oc3ncn4nc(-c5ccccc5Br)nc4c32)cc1OC. The third kappa shape index (κ3) is 3.89. The molecule has 1 atom stereocenters. The largest absolute Gasteiger partial charge is 0.493 e. The molecular formula is C28H25BrN4O4. The maximum atomic E-state index is 13.7. The lowest BCUT2D eigenvalue weighted by molar-refractivity contribution is -0.118. The number of benzene rings is 2. The number of fused-ring (bicyclic) bond motifs is 3. The minimum atomic E-state index is -0.449. The third-order valence-electron chi connectivity index (χ3n) is 6.92. The molecule has 1 aliphatic heterocycles. The van der Waals surface area contributed by atoms with Gasteiger partial charge in [-0.2, -0.15) is 0 Å². The number of nitrogens with zero attached hydrogens (tertiary/aromatic N) is 4. The second-order valence-corrected chi connectivity index (χ2v) is 10.9. The summed E-state index contributed by atoms with van der Waals surface area (Å²) in [5.41, 5.74) is 3.44. The fraction of sp³-hybridized carbons (Fsp3) is 0.286. The average Bonchev–Trinajstić information content (AvgIpc) is 3.31. The van der Waals surface area contributed by atoms with Gasteiger partial charge in [0.25, 0.3) is 0 Å². The summed E-state index contributed by atoms with van der Waals surface area (Å²) in [7, 11) is 3.20. The number of ketones is 1. The second-order valence-electron chi connectivity index (χ2n) is 10.1. The van der Waals surface area contributed by atoms with E-state index in [1.54, 1.807) is 25.1 Å². The van der Waals surface area contributed by atoms with E-state index in [2.05, 4.69) is 34.8 Å². The van der Waals surface area contributed by atoms with Crippen molar-refractivity contribution in [2.45, 2.75) is 32.6 Å². The van der Waals surface area contributed by atoms with E-state index < -0.39 is 5.92 Å². The molecule has 0 amide bonds. The Morgan fingerprint density at radius 2 is 1.86 bits per heavy atom. The standard InChI is InChI=1S/C28H25BrN4O4/c1-28(2)12-18(34)23-21(13-28)37-27-24(22(23)15-9-10-19(35-3)20(11-15)36-4)26-31-25(32-33(26)14-30-27)16-7-5-6-8-17(16)29/h5-11,14,22H,12-13H2,1-4H3/t22-/m1/s1. The number of carbonyl (C=O) groups is 1. The first-order valence-electron chi connectivity index (χ1n) is 12.0. The van der Waals surface area contributed by atoms with Crippen LogP contribution in [0.2, 0.25) is 0 Å². The van der Waals surface area contributed by atoms with Crippen LogP contribution in [-0.4, -0.2) is 39.6 Å². The van der Waals surface area contributed by atoms with Crippen LogP contribution < -0.4 is 14.2 Å². The number of rotatable bonds is 4. The van der Waals surface area contributed by atoms with Crippen LogP contribution >= 0.6 is 15.9 Å². The quantitative estimate of drug-likeness (QED) is 0.314. The number of carbonyl (C=O) groups excluding carboxylic acids is 1. The summed E-state index contributed by atoms with van der Waals surface area (Å²) < 4.78 is 19.9. The second kappa shape index (κ2) is 8.69. The summed E-state index contributed by atoms with van der Waals surface area (Å²) in [4.78, 5) is 23.2. The Bertz CT molecular complexity index is 1610. The summed E-state index contributed by atoms with van der Waals surface area (Å²) in [6.07, 6.45) is 2.67. The van der Waals surface area contributed by atoms with Crippen molar-refractivity contribution in [1.82, 2.24) is 19.6 Å². The molecule has 0 saturated heterocycles. The van der Waals surface area contributed by atoms with E-state index in [0.717, 1.165) is 15.6 Å². The first-order valence-corrected chi connectivity index (χ1v) is 12.7. The van der Waals surface area contributed by atoms with Gasteiger partial charge in [-0.25, -0.2) is 14.5 Å². The van der Waals surface area contributed by atoms with Gasteiger partial charge in [-0.15, -0.1) is 5.10 Å². The number of hydrogen-bond acceptors (Lipinski definition) is 7. The van der Waals surface area contributed by atoms with Crippen LogP contribution in [0.1, 0.15) is 43.7 Å². The first kappa shape index (κ1) is 23.7. The minimum Gasteiger partial charge on any atom is -0.493 e. The Morgan fingerprint density at radius 1 is 1.08 bits per heavy atom. The number of ether oxygens (including phenoxy) is 3. The van der Waals surface area contributed by atoms with E-state index in [4.69, 9.17) is 24.3 Å². The van der Waals surface area contributed by atoms with Crippen molar-refractivity contribution in [2.75, 3.05) is 14.2 Å². The zero-order chi connectivity index (χ0) is 25.9. The molecule has 6 rings (SSSR count). The lowest BCUT2D eigenvalue weighted by atomic mass is 9.70.